The zero-order valence-electron chi connectivity index (χ0n) is 10.1. The van der Waals surface area contributed by atoms with Crippen LogP contribution in [0.3, 0.4) is 0 Å². The number of rotatable bonds is 5. The molecule has 0 aliphatic carbocycles. The minimum absolute atomic E-state index is 0.182. The van der Waals surface area contributed by atoms with E-state index in [-0.39, 0.29) is 11.4 Å². The summed E-state index contributed by atoms with van der Waals surface area (Å²) in [6, 6.07) is 6.73. The molecule has 0 radical (unpaired) electrons. The molecule has 0 fully saturated rings. The summed E-state index contributed by atoms with van der Waals surface area (Å²) in [5.74, 6) is -0.182. The first-order chi connectivity index (χ1) is 7.94. The molecular weight excluding hydrogens is 236 g/mol. The quantitative estimate of drug-likeness (QED) is 0.625. The molecule has 92 valence electrons. The molecule has 2 N–H and O–H groups in total. The number of halogens is 1. The van der Waals surface area contributed by atoms with Gasteiger partial charge in [0.1, 0.15) is 0 Å². The first-order valence-corrected chi connectivity index (χ1v) is 5.76. The van der Waals surface area contributed by atoms with Crippen molar-refractivity contribution in [1.82, 2.24) is 10.9 Å². The van der Waals surface area contributed by atoms with Crippen molar-refractivity contribution >= 4 is 17.5 Å². The highest BCUT2D eigenvalue weighted by Crippen LogP contribution is 2.10. The van der Waals surface area contributed by atoms with E-state index in [9.17, 15) is 4.79 Å². The highest BCUT2D eigenvalue weighted by molar-refractivity contribution is 6.30. The first kappa shape index (κ1) is 13.7. The number of carbonyl (C=O) groups is 1. The lowest BCUT2D eigenvalue weighted by Crippen LogP contribution is -2.50. The van der Waals surface area contributed by atoms with Crippen LogP contribution in [0.25, 0.3) is 0 Å². The molecule has 0 spiro atoms. The lowest BCUT2D eigenvalue weighted by atomic mass is 10.0. The van der Waals surface area contributed by atoms with Crippen LogP contribution < -0.4 is 10.9 Å². The van der Waals surface area contributed by atoms with Crippen LogP contribution in [-0.2, 0) is 0 Å². The van der Waals surface area contributed by atoms with E-state index >= 15 is 0 Å². The number of carbonyl (C=O) groups excluding carboxylic acids is 1. The number of hydrazine groups is 1. The van der Waals surface area contributed by atoms with Crippen LogP contribution in [0.15, 0.2) is 36.9 Å². The van der Waals surface area contributed by atoms with Crippen LogP contribution in [0.5, 0.6) is 0 Å². The summed E-state index contributed by atoms with van der Waals surface area (Å²) in [6.07, 6.45) is 2.56. The van der Waals surface area contributed by atoms with E-state index in [1.165, 1.54) is 0 Å². The Bertz CT molecular complexity index is 398. The van der Waals surface area contributed by atoms with E-state index in [4.69, 9.17) is 11.6 Å². The zero-order valence-corrected chi connectivity index (χ0v) is 10.8. The number of benzene rings is 1. The Morgan fingerprint density at radius 3 is 2.53 bits per heavy atom. The fourth-order valence-corrected chi connectivity index (χ4v) is 1.44. The molecule has 0 unspecified atom stereocenters. The van der Waals surface area contributed by atoms with Gasteiger partial charge in [-0.15, -0.1) is 6.58 Å². The van der Waals surface area contributed by atoms with Gasteiger partial charge in [-0.3, -0.25) is 10.2 Å². The highest BCUT2D eigenvalue weighted by Gasteiger charge is 2.16. The summed E-state index contributed by atoms with van der Waals surface area (Å²) in [5, 5.41) is 0.612. The van der Waals surface area contributed by atoms with Crippen molar-refractivity contribution in [2.75, 3.05) is 0 Å². The molecule has 17 heavy (non-hydrogen) atoms. The molecule has 0 aliphatic heterocycles. The van der Waals surface area contributed by atoms with Gasteiger partial charge < -0.3 is 0 Å². The SMILES string of the molecule is C=CCC(C)(C)NNC(=O)c1ccc(Cl)cc1. The molecule has 0 aliphatic rings. The van der Waals surface area contributed by atoms with Crippen molar-refractivity contribution in [1.29, 1.82) is 0 Å². The van der Waals surface area contributed by atoms with E-state index < -0.39 is 0 Å². The normalized spacial score (nSPS) is 11.0. The predicted molar refractivity (Wildman–Crippen MR) is 70.9 cm³/mol. The first-order valence-electron chi connectivity index (χ1n) is 5.38. The highest BCUT2D eigenvalue weighted by atomic mass is 35.5. The molecule has 1 aromatic carbocycles. The van der Waals surface area contributed by atoms with Crippen LogP contribution >= 0.6 is 11.6 Å². The summed E-state index contributed by atoms with van der Waals surface area (Å²) >= 11 is 5.75. The van der Waals surface area contributed by atoms with Crippen LogP contribution in [-0.4, -0.2) is 11.4 Å². The molecule has 0 bridgehead atoms. The van der Waals surface area contributed by atoms with E-state index in [1.54, 1.807) is 30.3 Å². The lowest BCUT2D eigenvalue weighted by molar-refractivity contribution is 0.0911. The van der Waals surface area contributed by atoms with Crippen molar-refractivity contribution in [3.05, 3.63) is 47.5 Å². The number of amides is 1. The Balaban J connectivity index is 2.55. The molecule has 4 heteroatoms. The second kappa shape index (κ2) is 5.84. The molecule has 1 aromatic rings. The Kier molecular flexibility index (Phi) is 4.73. The Labute approximate surface area is 107 Å². The van der Waals surface area contributed by atoms with Gasteiger partial charge in [0.25, 0.3) is 5.91 Å². The Hall–Kier alpha value is -1.32. The van der Waals surface area contributed by atoms with Crippen molar-refractivity contribution < 1.29 is 4.79 Å². The van der Waals surface area contributed by atoms with E-state index in [2.05, 4.69) is 17.4 Å². The number of nitrogens with one attached hydrogen (secondary N) is 2. The molecule has 0 aromatic heterocycles. The van der Waals surface area contributed by atoms with Crippen LogP contribution in [0.2, 0.25) is 5.02 Å². The average molecular weight is 253 g/mol. The molecular formula is C13H17ClN2O. The average Bonchev–Trinajstić information content (AvgIpc) is 2.27. The van der Waals surface area contributed by atoms with Gasteiger partial charge in [-0.05, 0) is 44.5 Å². The van der Waals surface area contributed by atoms with Gasteiger partial charge in [0.2, 0.25) is 0 Å². The summed E-state index contributed by atoms with van der Waals surface area (Å²) < 4.78 is 0. The number of hydrogen-bond donors (Lipinski definition) is 2. The second-order valence-corrected chi connectivity index (χ2v) is 4.90. The zero-order chi connectivity index (χ0) is 12.9. The standard InChI is InChI=1S/C13H17ClN2O/c1-4-9-13(2,3)16-15-12(17)10-5-7-11(14)8-6-10/h4-8,16H,1,9H2,2-3H3,(H,15,17). The molecule has 1 amide bonds. The molecule has 0 atom stereocenters. The fraction of sp³-hybridized carbons (Fsp3) is 0.308. The van der Waals surface area contributed by atoms with Gasteiger partial charge in [0, 0.05) is 16.1 Å². The minimum Gasteiger partial charge on any atom is -0.287 e. The molecule has 1 rings (SSSR count). The second-order valence-electron chi connectivity index (χ2n) is 4.46. The van der Waals surface area contributed by atoms with Crippen molar-refractivity contribution in [3.8, 4) is 0 Å². The smallest absolute Gasteiger partial charge is 0.265 e. The summed E-state index contributed by atoms with van der Waals surface area (Å²) in [4.78, 5) is 11.8. The topological polar surface area (TPSA) is 41.1 Å². The van der Waals surface area contributed by atoms with Gasteiger partial charge in [0.05, 0.1) is 0 Å². The van der Waals surface area contributed by atoms with Gasteiger partial charge in [-0.25, -0.2) is 5.43 Å². The van der Waals surface area contributed by atoms with Gasteiger partial charge >= 0.3 is 0 Å². The van der Waals surface area contributed by atoms with Crippen molar-refractivity contribution in [3.63, 3.8) is 0 Å². The van der Waals surface area contributed by atoms with E-state index in [0.29, 0.717) is 10.6 Å². The van der Waals surface area contributed by atoms with Crippen LogP contribution in [0.4, 0.5) is 0 Å². The van der Waals surface area contributed by atoms with Crippen LogP contribution in [0.1, 0.15) is 30.6 Å². The third kappa shape index (κ3) is 4.59. The maximum Gasteiger partial charge on any atom is 0.265 e. The van der Waals surface area contributed by atoms with Crippen LogP contribution in [0, 0.1) is 0 Å². The van der Waals surface area contributed by atoms with Gasteiger partial charge in [-0.2, -0.15) is 0 Å². The maximum absolute atomic E-state index is 11.8. The Morgan fingerprint density at radius 2 is 2.00 bits per heavy atom. The minimum atomic E-state index is -0.218. The summed E-state index contributed by atoms with van der Waals surface area (Å²) in [5.41, 5.74) is 5.98. The molecule has 0 heterocycles. The molecule has 0 saturated heterocycles. The van der Waals surface area contributed by atoms with E-state index in [1.807, 2.05) is 13.8 Å². The summed E-state index contributed by atoms with van der Waals surface area (Å²) in [6.45, 7) is 7.64. The monoisotopic (exact) mass is 252 g/mol. The van der Waals surface area contributed by atoms with Gasteiger partial charge in [0.15, 0.2) is 0 Å². The fourth-order valence-electron chi connectivity index (χ4n) is 1.31. The largest absolute Gasteiger partial charge is 0.287 e. The van der Waals surface area contributed by atoms with Crippen molar-refractivity contribution in [2.45, 2.75) is 25.8 Å². The van der Waals surface area contributed by atoms with Crippen molar-refractivity contribution in [2.24, 2.45) is 0 Å². The third-order valence-corrected chi connectivity index (χ3v) is 2.53. The maximum atomic E-state index is 11.8. The van der Waals surface area contributed by atoms with Gasteiger partial charge in [-0.1, -0.05) is 17.7 Å². The Morgan fingerprint density at radius 1 is 1.41 bits per heavy atom. The molecule has 0 saturated carbocycles. The van der Waals surface area contributed by atoms with E-state index in [0.717, 1.165) is 6.42 Å². The lowest BCUT2D eigenvalue weighted by Gasteiger charge is -2.24. The molecule has 3 nitrogen and oxygen atoms in total. The third-order valence-electron chi connectivity index (χ3n) is 2.28. The number of hydrogen-bond acceptors (Lipinski definition) is 2. The predicted octanol–water partition coefficient (Wildman–Crippen LogP) is 2.93. The summed E-state index contributed by atoms with van der Waals surface area (Å²) in [7, 11) is 0.